The fourth-order valence-electron chi connectivity index (χ4n) is 2.51. The number of nitrogens with one attached hydrogen (secondary N) is 1. The maximum Gasteiger partial charge on any atom is 0.225 e. The molecule has 25 heavy (non-hydrogen) atoms. The number of ether oxygens (including phenoxy) is 1. The normalized spacial score (nSPS) is 12.4. The van der Waals surface area contributed by atoms with Gasteiger partial charge in [0.1, 0.15) is 0 Å². The van der Waals surface area contributed by atoms with Gasteiger partial charge in [-0.1, -0.05) is 39.0 Å². The van der Waals surface area contributed by atoms with Crippen LogP contribution in [0.5, 0.6) is 0 Å². The molecule has 0 bridgehead atoms. The van der Waals surface area contributed by atoms with Crippen molar-refractivity contribution in [2.24, 2.45) is 0 Å². The van der Waals surface area contributed by atoms with Gasteiger partial charge in [-0.3, -0.25) is 4.79 Å². The summed E-state index contributed by atoms with van der Waals surface area (Å²) in [5.74, 6) is -0.197. The topological polar surface area (TPSA) is 75.7 Å². The fourth-order valence-corrected chi connectivity index (χ4v) is 3.40. The van der Waals surface area contributed by atoms with Crippen molar-refractivity contribution in [3.8, 4) is 0 Å². The lowest BCUT2D eigenvalue weighted by atomic mass is 9.86. The summed E-state index contributed by atoms with van der Waals surface area (Å²) in [5.41, 5.74) is 1.72. The molecule has 0 aliphatic heterocycles. The molecule has 0 heterocycles. The van der Waals surface area contributed by atoms with Gasteiger partial charge < -0.3 is 10.1 Å². The number of hydrogen-bond acceptors (Lipinski definition) is 4. The Labute approximate surface area is 151 Å². The standard InChI is InChI=1S/C18H30N2O4S/c1-18(2,3)15-9-6-7-10-16(15)19-17(21)11-13-20(25(5,22)23)12-8-14-24-4/h6-7,9-10H,8,11-14H2,1-5H3,(H,19,21). The number of nitrogens with zero attached hydrogens (tertiary/aromatic N) is 1. The molecular weight excluding hydrogens is 340 g/mol. The molecule has 1 amide bonds. The lowest BCUT2D eigenvalue weighted by molar-refractivity contribution is -0.116. The number of para-hydroxylation sites is 1. The zero-order valence-corrected chi connectivity index (χ0v) is 16.6. The van der Waals surface area contributed by atoms with Crippen LogP contribution in [0.25, 0.3) is 0 Å². The monoisotopic (exact) mass is 370 g/mol. The van der Waals surface area contributed by atoms with E-state index in [1.165, 1.54) is 4.31 Å². The van der Waals surface area contributed by atoms with E-state index in [0.29, 0.717) is 19.6 Å². The van der Waals surface area contributed by atoms with Gasteiger partial charge in [-0.25, -0.2) is 12.7 Å². The van der Waals surface area contributed by atoms with Crippen LogP contribution in [0.2, 0.25) is 0 Å². The van der Waals surface area contributed by atoms with E-state index < -0.39 is 10.0 Å². The predicted octanol–water partition coefficient (Wildman–Crippen LogP) is 2.61. The zero-order valence-electron chi connectivity index (χ0n) is 15.8. The van der Waals surface area contributed by atoms with E-state index in [0.717, 1.165) is 17.5 Å². The van der Waals surface area contributed by atoms with Crippen molar-refractivity contribution in [1.82, 2.24) is 4.31 Å². The molecule has 0 saturated carbocycles. The number of rotatable bonds is 9. The number of carbonyl (C=O) groups is 1. The molecule has 0 spiro atoms. The van der Waals surface area contributed by atoms with Crippen LogP contribution < -0.4 is 5.32 Å². The first-order valence-electron chi connectivity index (χ1n) is 8.39. The van der Waals surface area contributed by atoms with Crippen LogP contribution in [0.15, 0.2) is 24.3 Å². The van der Waals surface area contributed by atoms with Gasteiger partial charge in [0.25, 0.3) is 0 Å². The van der Waals surface area contributed by atoms with Crippen molar-refractivity contribution in [3.63, 3.8) is 0 Å². The van der Waals surface area contributed by atoms with Crippen molar-refractivity contribution in [2.75, 3.05) is 38.4 Å². The number of carbonyl (C=O) groups excluding carboxylic acids is 1. The molecular formula is C18H30N2O4S. The predicted molar refractivity (Wildman–Crippen MR) is 101 cm³/mol. The van der Waals surface area contributed by atoms with Crippen LogP contribution in [0.3, 0.4) is 0 Å². The number of hydrogen-bond donors (Lipinski definition) is 1. The quantitative estimate of drug-likeness (QED) is 0.678. The Morgan fingerprint density at radius 1 is 1.20 bits per heavy atom. The van der Waals surface area contributed by atoms with E-state index in [9.17, 15) is 13.2 Å². The maximum atomic E-state index is 12.3. The van der Waals surface area contributed by atoms with E-state index >= 15 is 0 Å². The SMILES string of the molecule is COCCCN(CCC(=O)Nc1ccccc1C(C)(C)C)S(C)(=O)=O. The van der Waals surface area contributed by atoms with Gasteiger partial charge in [0, 0.05) is 38.9 Å². The van der Waals surface area contributed by atoms with Gasteiger partial charge in [0.15, 0.2) is 0 Å². The molecule has 1 N–H and O–H groups in total. The Hall–Kier alpha value is -1.44. The molecule has 1 aromatic carbocycles. The van der Waals surface area contributed by atoms with Crippen LogP contribution in [0.4, 0.5) is 5.69 Å². The van der Waals surface area contributed by atoms with Crippen molar-refractivity contribution < 1.29 is 17.9 Å². The van der Waals surface area contributed by atoms with Gasteiger partial charge in [0.05, 0.1) is 6.26 Å². The first kappa shape index (κ1) is 21.6. The Morgan fingerprint density at radius 2 is 1.84 bits per heavy atom. The summed E-state index contributed by atoms with van der Waals surface area (Å²) < 4.78 is 29.9. The van der Waals surface area contributed by atoms with Gasteiger partial charge in [-0.05, 0) is 23.5 Å². The van der Waals surface area contributed by atoms with Gasteiger partial charge in [-0.2, -0.15) is 0 Å². The minimum atomic E-state index is -3.35. The van der Waals surface area contributed by atoms with Crippen LogP contribution in [-0.2, 0) is 25.0 Å². The molecule has 0 unspecified atom stereocenters. The Kier molecular flexibility index (Phi) is 8.05. The minimum Gasteiger partial charge on any atom is -0.385 e. The van der Waals surface area contributed by atoms with Gasteiger partial charge in [-0.15, -0.1) is 0 Å². The number of amides is 1. The lowest BCUT2D eigenvalue weighted by Gasteiger charge is -2.23. The fraction of sp³-hybridized carbons (Fsp3) is 0.611. The lowest BCUT2D eigenvalue weighted by Crippen LogP contribution is -2.34. The van der Waals surface area contributed by atoms with Crippen LogP contribution in [0.1, 0.15) is 39.2 Å². The second-order valence-electron chi connectivity index (χ2n) is 7.10. The summed E-state index contributed by atoms with van der Waals surface area (Å²) in [6, 6.07) is 7.67. The molecule has 142 valence electrons. The van der Waals surface area contributed by atoms with E-state index in [-0.39, 0.29) is 24.3 Å². The van der Waals surface area contributed by atoms with Crippen molar-refractivity contribution in [1.29, 1.82) is 0 Å². The number of benzene rings is 1. The first-order chi connectivity index (χ1) is 11.6. The largest absolute Gasteiger partial charge is 0.385 e. The molecule has 6 nitrogen and oxygen atoms in total. The summed E-state index contributed by atoms with van der Waals surface area (Å²) in [4.78, 5) is 12.3. The zero-order chi connectivity index (χ0) is 19.1. The third-order valence-electron chi connectivity index (χ3n) is 3.82. The van der Waals surface area contributed by atoms with Crippen LogP contribution in [-0.4, -0.2) is 51.7 Å². The highest BCUT2D eigenvalue weighted by molar-refractivity contribution is 7.88. The molecule has 0 radical (unpaired) electrons. The van der Waals surface area contributed by atoms with Gasteiger partial charge >= 0.3 is 0 Å². The van der Waals surface area contributed by atoms with Gasteiger partial charge in [0.2, 0.25) is 15.9 Å². The van der Waals surface area contributed by atoms with E-state index in [1.807, 2.05) is 24.3 Å². The van der Waals surface area contributed by atoms with Crippen LogP contribution in [0, 0.1) is 0 Å². The highest BCUT2D eigenvalue weighted by Gasteiger charge is 2.20. The maximum absolute atomic E-state index is 12.3. The molecule has 0 aromatic heterocycles. The molecule has 1 rings (SSSR count). The third kappa shape index (κ3) is 7.54. The highest BCUT2D eigenvalue weighted by Crippen LogP contribution is 2.29. The Balaban J connectivity index is 2.70. The van der Waals surface area contributed by atoms with Crippen molar-refractivity contribution in [2.45, 2.75) is 39.0 Å². The summed E-state index contributed by atoms with van der Waals surface area (Å²) in [6.45, 7) is 7.24. The molecule has 7 heteroatoms. The molecule has 1 aromatic rings. The molecule has 0 aliphatic carbocycles. The number of sulfonamides is 1. The third-order valence-corrected chi connectivity index (χ3v) is 5.13. The summed E-state index contributed by atoms with van der Waals surface area (Å²) in [6.07, 6.45) is 1.86. The molecule has 0 saturated heterocycles. The first-order valence-corrected chi connectivity index (χ1v) is 10.2. The second kappa shape index (κ2) is 9.31. The van der Waals surface area contributed by atoms with E-state index in [1.54, 1.807) is 7.11 Å². The van der Waals surface area contributed by atoms with E-state index in [4.69, 9.17) is 4.74 Å². The minimum absolute atomic E-state index is 0.0944. The number of anilines is 1. The smallest absolute Gasteiger partial charge is 0.225 e. The Bertz CT molecular complexity index is 666. The Morgan fingerprint density at radius 3 is 2.40 bits per heavy atom. The highest BCUT2D eigenvalue weighted by atomic mass is 32.2. The summed E-state index contributed by atoms with van der Waals surface area (Å²) >= 11 is 0. The van der Waals surface area contributed by atoms with Crippen molar-refractivity contribution in [3.05, 3.63) is 29.8 Å². The summed E-state index contributed by atoms with van der Waals surface area (Å²) in [5, 5.41) is 2.91. The average Bonchev–Trinajstić information content (AvgIpc) is 2.49. The summed E-state index contributed by atoms with van der Waals surface area (Å²) in [7, 11) is -1.77. The molecule has 0 atom stereocenters. The van der Waals surface area contributed by atoms with Crippen LogP contribution >= 0.6 is 0 Å². The average molecular weight is 371 g/mol. The van der Waals surface area contributed by atoms with E-state index in [2.05, 4.69) is 26.1 Å². The molecule has 0 aliphatic rings. The number of methoxy groups -OCH3 is 1. The molecule has 0 fully saturated rings. The second-order valence-corrected chi connectivity index (χ2v) is 9.08. The van der Waals surface area contributed by atoms with Crippen molar-refractivity contribution >= 4 is 21.6 Å².